The number of aliphatic hydroxyl groups is 1. The molecule has 0 bridgehead atoms. The molecule has 11 heteroatoms. The van der Waals surface area contributed by atoms with Crippen LogP contribution in [0.4, 0.5) is 0 Å². The van der Waals surface area contributed by atoms with Crippen LogP contribution < -0.4 is 0 Å². The van der Waals surface area contributed by atoms with Crippen molar-refractivity contribution in [2.24, 2.45) is 0 Å². The van der Waals surface area contributed by atoms with Gasteiger partial charge in [0, 0.05) is 108 Å². The van der Waals surface area contributed by atoms with Gasteiger partial charge in [-0.3, -0.25) is 19.8 Å². The van der Waals surface area contributed by atoms with Gasteiger partial charge in [0.2, 0.25) is 0 Å². The minimum atomic E-state index is 0.158. The van der Waals surface area contributed by atoms with Gasteiger partial charge in [0.25, 0.3) is 0 Å². The summed E-state index contributed by atoms with van der Waals surface area (Å²) in [6, 6.07) is 13.4. The maximum Gasteiger partial charge on any atom is 0.146 e. The second-order valence-corrected chi connectivity index (χ2v) is 14.5. The summed E-state index contributed by atoms with van der Waals surface area (Å²) in [4.78, 5) is 13.5. The molecule has 1 unspecified atom stereocenters. The summed E-state index contributed by atoms with van der Waals surface area (Å²) in [5.74, 6) is 5.16. The Balaban J connectivity index is 1.26. The van der Waals surface area contributed by atoms with E-state index in [9.17, 15) is 15.3 Å². The third kappa shape index (κ3) is 8.16. The lowest BCUT2D eigenvalue weighted by atomic mass is 10.1. The molecule has 2 aromatic heterocycles. The van der Waals surface area contributed by atoms with Crippen LogP contribution in [0.2, 0.25) is 5.02 Å². The molecule has 0 radical (unpaired) electrons. The minimum Gasteiger partial charge on any atom is -0.505 e. The minimum absolute atomic E-state index is 0.158. The van der Waals surface area contributed by atoms with Gasteiger partial charge < -0.3 is 15.3 Å². The van der Waals surface area contributed by atoms with Crippen molar-refractivity contribution in [1.29, 1.82) is 0 Å². The summed E-state index contributed by atoms with van der Waals surface area (Å²) in [6.07, 6.45) is 3.39. The summed E-state index contributed by atoms with van der Waals surface area (Å²) in [7, 11) is 0. The second kappa shape index (κ2) is 15.7. The summed E-state index contributed by atoms with van der Waals surface area (Å²) in [6.45, 7) is 4.96. The van der Waals surface area contributed by atoms with Crippen LogP contribution >= 0.6 is 46.9 Å². The predicted octanol–water partition coefficient (Wildman–Crippen LogP) is 5.73. The van der Waals surface area contributed by atoms with Crippen LogP contribution in [0.15, 0.2) is 54.9 Å². The standard InChI is InChI=1S/C31H37ClN4O3S3/c32-27-17-24(31(39)29-26(27)4-2-8-34-29)19-35-9-13-40-14-10-36(12-16-42-25(20-37)21-41-15-11-35)18-23-6-5-22-3-1-7-33-28(22)30(23)38/h1-8,17,25,37-39H,9-16,18-21H2. The summed E-state index contributed by atoms with van der Waals surface area (Å²) < 4.78 is 0. The van der Waals surface area contributed by atoms with Crippen LogP contribution in [0.25, 0.3) is 21.8 Å². The highest BCUT2D eigenvalue weighted by Crippen LogP contribution is 2.34. The molecule has 0 amide bonds. The van der Waals surface area contributed by atoms with Crippen molar-refractivity contribution in [3.05, 3.63) is 71.0 Å². The Morgan fingerprint density at radius 2 is 1.43 bits per heavy atom. The van der Waals surface area contributed by atoms with E-state index in [4.69, 9.17) is 11.6 Å². The van der Waals surface area contributed by atoms with E-state index >= 15 is 0 Å². The predicted molar refractivity (Wildman–Crippen MR) is 180 cm³/mol. The van der Waals surface area contributed by atoms with Crippen LogP contribution in [-0.2, 0) is 13.1 Å². The van der Waals surface area contributed by atoms with E-state index in [1.54, 1.807) is 12.4 Å². The Kier molecular flexibility index (Phi) is 11.8. The number of thioether (sulfide) groups is 3. The fraction of sp³-hybridized carbons (Fsp3) is 0.419. The zero-order chi connectivity index (χ0) is 29.3. The van der Waals surface area contributed by atoms with E-state index in [0.29, 0.717) is 29.1 Å². The number of aromatic nitrogens is 2. The average molecular weight is 645 g/mol. The lowest BCUT2D eigenvalue weighted by Gasteiger charge is -2.24. The molecule has 0 spiro atoms. The normalized spacial score (nSPS) is 19.0. The van der Waals surface area contributed by atoms with Crippen LogP contribution in [-0.4, -0.2) is 102 Å². The van der Waals surface area contributed by atoms with Gasteiger partial charge in [-0.25, -0.2) is 0 Å². The molecule has 2 aromatic carbocycles. The van der Waals surface area contributed by atoms with Gasteiger partial charge >= 0.3 is 0 Å². The number of halogens is 1. The summed E-state index contributed by atoms with van der Waals surface area (Å²) in [5.41, 5.74) is 2.86. The molecule has 5 rings (SSSR count). The first kappa shape index (κ1) is 31.5. The molecule has 7 nitrogen and oxygen atoms in total. The number of rotatable bonds is 5. The van der Waals surface area contributed by atoms with E-state index in [-0.39, 0.29) is 23.4 Å². The molecular weight excluding hydrogens is 608 g/mol. The largest absolute Gasteiger partial charge is 0.505 e. The zero-order valence-electron chi connectivity index (χ0n) is 23.5. The highest BCUT2D eigenvalue weighted by Gasteiger charge is 2.18. The van der Waals surface area contributed by atoms with Gasteiger partial charge in [-0.2, -0.15) is 35.3 Å². The number of hydrogen-bond acceptors (Lipinski definition) is 10. The monoisotopic (exact) mass is 644 g/mol. The Morgan fingerprint density at radius 3 is 2.19 bits per heavy atom. The molecule has 224 valence electrons. The third-order valence-electron chi connectivity index (χ3n) is 7.44. The van der Waals surface area contributed by atoms with Gasteiger partial charge in [-0.1, -0.05) is 29.8 Å². The van der Waals surface area contributed by atoms with E-state index in [2.05, 4.69) is 19.8 Å². The third-order valence-corrected chi connectivity index (χ3v) is 11.2. The van der Waals surface area contributed by atoms with Gasteiger partial charge in [-0.15, -0.1) is 0 Å². The van der Waals surface area contributed by atoms with Gasteiger partial charge in [0.05, 0.1) is 11.6 Å². The molecule has 1 saturated heterocycles. The Labute approximate surface area is 265 Å². The van der Waals surface area contributed by atoms with Crippen molar-refractivity contribution in [3.63, 3.8) is 0 Å². The number of nitrogens with zero attached hydrogens (tertiary/aromatic N) is 4. The summed E-state index contributed by atoms with van der Waals surface area (Å²) >= 11 is 12.2. The Bertz CT molecular complexity index is 1480. The van der Waals surface area contributed by atoms with Crippen molar-refractivity contribution < 1.29 is 15.3 Å². The molecule has 3 N–H and O–H groups in total. The molecule has 3 heterocycles. The number of benzene rings is 2. The fourth-order valence-corrected chi connectivity index (χ4v) is 8.74. The molecule has 0 aliphatic carbocycles. The van der Waals surface area contributed by atoms with Crippen LogP contribution in [0.5, 0.6) is 11.5 Å². The number of pyridine rings is 2. The van der Waals surface area contributed by atoms with Crippen molar-refractivity contribution in [1.82, 2.24) is 19.8 Å². The number of phenolic OH excluding ortho intramolecular Hbond substituents is 2. The number of aromatic hydroxyl groups is 2. The van der Waals surface area contributed by atoms with Crippen molar-refractivity contribution >= 4 is 68.7 Å². The zero-order valence-corrected chi connectivity index (χ0v) is 26.7. The summed E-state index contributed by atoms with van der Waals surface area (Å²) in [5, 5.41) is 34.4. The van der Waals surface area contributed by atoms with E-state index in [0.717, 1.165) is 76.8 Å². The Hall–Kier alpha value is -1.92. The van der Waals surface area contributed by atoms with Crippen LogP contribution in [0.3, 0.4) is 0 Å². The highest BCUT2D eigenvalue weighted by molar-refractivity contribution is 8.03. The maximum atomic E-state index is 11.0. The molecular formula is C31H37ClN4O3S3. The molecule has 1 atom stereocenters. The SMILES string of the molecule is OCC1CSCCN(Cc2cc(Cl)c3cccnc3c2O)CCSCCN(Cc2ccc3cccnc3c2O)CCS1. The van der Waals surface area contributed by atoms with Crippen molar-refractivity contribution in [2.75, 3.05) is 61.6 Å². The molecule has 1 aliphatic heterocycles. The van der Waals surface area contributed by atoms with E-state index in [1.807, 2.05) is 77.8 Å². The highest BCUT2D eigenvalue weighted by atomic mass is 35.5. The molecule has 1 aliphatic rings. The van der Waals surface area contributed by atoms with Crippen LogP contribution in [0.1, 0.15) is 11.1 Å². The van der Waals surface area contributed by atoms with Crippen molar-refractivity contribution in [3.8, 4) is 11.5 Å². The number of hydrogen-bond donors (Lipinski definition) is 3. The molecule has 4 aromatic rings. The first-order valence-electron chi connectivity index (χ1n) is 14.2. The van der Waals surface area contributed by atoms with Gasteiger partial charge in [0.15, 0.2) is 0 Å². The quantitative estimate of drug-likeness (QED) is 0.250. The number of phenols is 2. The van der Waals surface area contributed by atoms with Crippen molar-refractivity contribution in [2.45, 2.75) is 18.3 Å². The Morgan fingerprint density at radius 1 is 0.786 bits per heavy atom. The first-order chi connectivity index (χ1) is 20.5. The molecule has 42 heavy (non-hydrogen) atoms. The van der Waals surface area contributed by atoms with E-state index < -0.39 is 0 Å². The van der Waals surface area contributed by atoms with Gasteiger partial charge in [-0.05, 0) is 24.3 Å². The van der Waals surface area contributed by atoms with Gasteiger partial charge in [0.1, 0.15) is 22.5 Å². The number of fused-ring (bicyclic) bond motifs is 2. The van der Waals surface area contributed by atoms with Crippen LogP contribution in [0, 0.1) is 0 Å². The fourth-order valence-electron chi connectivity index (χ4n) is 5.08. The topological polar surface area (TPSA) is 93.0 Å². The maximum absolute atomic E-state index is 11.0. The lowest BCUT2D eigenvalue weighted by molar-refractivity contribution is 0.292. The number of aliphatic hydroxyl groups excluding tert-OH is 1. The molecule has 1 fully saturated rings. The van der Waals surface area contributed by atoms with E-state index in [1.165, 1.54) is 0 Å². The molecule has 0 saturated carbocycles. The average Bonchev–Trinajstić information content (AvgIpc) is 3.02. The second-order valence-electron chi connectivity index (χ2n) is 10.3. The first-order valence-corrected chi connectivity index (χ1v) is 17.9. The smallest absolute Gasteiger partial charge is 0.146 e. The lowest BCUT2D eigenvalue weighted by Crippen LogP contribution is -2.30.